The molecule has 1 aromatic heterocycles. The third-order valence-electron chi connectivity index (χ3n) is 5.93. The summed E-state index contributed by atoms with van der Waals surface area (Å²) in [6.07, 6.45) is 8.56. The summed E-state index contributed by atoms with van der Waals surface area (Å²) in [7, 11) is 0. The SMILES string of the molecule is O=C(C=Cc1cnc(NC2CCN(C(=O)c3ccc(Cl)cc3)CC2)c(Cl)c1)NOC1CCCCO1. The van der Waals surface area contributed by atoms with E-state index >= 15 is 0 Å². The number of likely N-dealkylation sites (tertiary alicyclic amines) is 1. The number of hydrogen-bond acceptors (Lipinski definition) is 6. The number of aromatic nitrogens is 1. The van der Waals surface area contributed by atoms with E-state index in [0.29, 0.717) is 46.7 Å². The number of hydroxylamine groups is 1. The summed E-state index contributed by atoms with van der Waals surface area (Å²) in [4.78, 5) is 36.2. The molecule has 2 aromatic rings. The minimum Gasteiger partial charge on any atom is -0.366 e. The number of amides is 2. The van der Waals surface area contributed by atoms with Crippen LogP contribution in [-0.4, -0.2) is 53.7 Å². The Kier molecular flexibility index (Phi) is 8.98. The van der Waals surface area contributed by atoms with Gasteiger partial charge < -0.3 is 15.0 Å². The molecular weight excluding hydrogens is 491 g/mol. The van der Waals surface area contributed by atoms with Crippen LogP contribution in [0.25, 0.3) is 6.08 Å². The van der Waals surface area contributed by atoms with E-state index in [-0.39, 0.29) is 11.9 Å². The van der Waals surface area contributed by atoms with E-state index in [2.05, 4.69) is 15.8 Å². The van der Waals surface area contributed by atoms with Crippen molar-refractivity contribution in [2.45, 2.75) is 44.4 Å². The highest BCUT2D eigenvalue weighted by molar-refractivity contribution is 6.33. The summed E-state index contributed by atoms with van der Waals surface area (Å²) < 4.78 is 5.40. The van der Waals surface area contributed by atoms with Gasteiger partial charge in [-0.25, -0.2) is 15.3 Å². The van der Waals surface area contributed by atoms with Gasteiger partial charge in [0.05, 0.1) is 5.02 Å². The first-order chi connectivity index (χ1) is 17.0. The molecule has 2 amide bonds. The fraction of sp³-hybridized carbons (Fsp3) is 0.400. The van der Waals surface area contributed by atoms with E-state index < -0.39 is 12.2 Å². The zero-order valence-corrected chi connectivity index (χ0v) is 20.7. The lowest BCUT2D eigenvalue weighted by molar-refractivity contribution is -0.198. The van der Waals surface area contributed by atoms with Crippen LogP contribution < -0.4 is 10.8 Å². The molecule has 0 bridgehead atoms. The van der Waals surface area contributed by atoms with Crippen molar-refractivity contribution in [2.75, 3.05) is 25.0 Å². The van der Waals surface area contributed by atoms with Crippen molar-refractivity contribution in [1.82, 2.24) is 15.4 Å². The Morgan fingerprint density at radius 3 is 2.57 bits per heavy atom. The molecule has 2 aliphatic heterocycles. The zero-order valence-electron chi connectivity index (χ0n) is 19.2. The lowest BCUT2D eigenvalue weighted by Crippen LogP contribution is -2.42. The molecule has 0 spiro atoms. The van der Waals surface area contributed by atoms with Crippen LogP contribution in [0.1, 0.15) is 48.0 Å². The molecule has 2 N–H and O–H groups in total. The van der Waals surface area contributed by atoms with Gasteiger partial charge in [0.15, 0.2) is 6.29 Å². The Bertz CT molecular complexity index is 1050. The van der Waals surface area contributed by atoms with Gasteiger partial charge in [-0.1, -0.05) is 23.2 Å². The van der Waals surface area contributed by atoms with Crippen LogP contribution in [0.2, 0.25) is 10.0 Å². The number of ether oxygens (including phenoxy) is 1. The highest BCUT2D eigenvalue weighted by Crippen LogP contribution is 2.24. The first kappa shape index (κ1) is 25.4. The number of nitrogens with zero attached hydrogens (tertiary/aromatic N) is 2. The smallest absolute Gasteiger partial charge is 0.267 e. The van der Waals surface area contributed by atoms with Gasteiger partial charge >= 0.3 is 0 Å². The lowest BCUT2D eigenvalue weighted by Gasteiger charge is -2.33. The summed E-state index contributed by atoms with van der Waals surface area (Å²) in [5.74, 6) is 0.194. The van der Waals surface area contributed by atoms with Gasteiger partial charge in [0, 0.05) is 55.0 Å². The number of halogens is 2. The second-order valence-corrected chi connectivity index (χ2v) is 9.37. The number of pyridine rings is 1. The summed E-state index contributed by atoms with van der Waals surface area (Å²) in [6.45, 7) is 1.92. The number of carbonyl (C=O) groups is 2. The zero-order chi connectivity index (χ0) is 24.6. The molecule has 0 aliphatic carbocycles. The fourth-order valence-corrected chi connectivity index (χ4v) is 4.33. The van der Waals surface area contributed by atoms with Crippen LogP contribution in [-0.2, 0) is 14.4 Å². The molecule has 10 heteroatoms. The second kappa shape index (κ2) is 12.4. The van der Waals surface area contributed by atoms with Crippen LogP contribution in [0.3, 0.4) is 0 Å². The van der Waals surface area contributed by atoms with Crippen molar-refractivity contribution in [2.24, 2.45) is 0 Å². The average Bonchev–Trinajstić information content (AvgIpc) is 2.89. The van der Waals surface area contributed by atoms with E-state index in [1.54, 1.807) is 42.6 Å². The van der Waals surface area contributed by atoms with Gasteiger partial charge in [-0.15, -0.1) is 0 Å². The predicted molar refractivity (Wildman–Crippen MR) is 135 cm³/mol. The molecular formula is C25H28Cl2N4O4. The molecule has 8 nitrogen and oxygen atoms in total. The van der Waals surface area contributed by atoms with Gasteiger partial charge in [-0.2, -0.15) is 0 Å². The van der Waals surface area contributed by atoms with Crippen LogP contribution in [0, 0.1) is 0 Å². The van der Waals surface area contributed by atoms with Gasteiger partial charge in [0.25, 0.3) is 11.8 Å². The lowest BCUT2D eigenvalue weighted by atomic mass is 10.0. The van der Waals surface area contributed by atoms with Crippen molar-refractivity contribution >= 4 is 46.9 Å². The molecule has 186 valence electrons. The van der Waals surface area contributed by atoms with Crippen LogP contribution in [0.4, 0.5) is 5.82 Å². The molecule has 0 saturated carbocycles. The first-order valence-corrected chi connectivity index (χ1v) is 12.5. The van der Waals surface area contributed by atoms with Gasteiger partial charge in [-0.05, 0) is 67.7 Å². The molecule has 4 rings (SSSR count). The number of rotatable bonds is 7. The minimum absolute atomic E-state index is 0.00752. The topological polar surface area (TPSA) is 92.8 Å². The van der Waals surface area contributed by atoms with Crippen LogP contribution in [0.5, 0.6) is 0 Å². The number of carbonyl (C=O) groups excluding carboxylic acids is 2. The quantitative estimate of drug-likeness (QED) is 0.407. The normalized spacial score (nSPS) is 19.0. The first-order valence-electron chi connectivity index (χ1n) is 11.7. The molecule has 3 heterocycles. The van der Waals surface area contributed by atoms with Crippen molar-refractivity contribution in [3.63, 3.8) is 0 Å². The summed E-state index contributed by atoms with van der Waals surface area (Å²) in [6, 6.07) is 8.84. The maximum Gasteiger partial charge on any atom is 0.267 e. The summed E-state index contributed by atoms with van der Waals surface area (Å²) in [5, 5.41) is 4.44. The standard InChI is InChI=1S/C25H28Cl2N4O4/c26-19-7-5-18(6-8-19)25(33)31-12-10-20(11-13-31)29-24-21(27)15-17(16-28-24)4-9-22(32)30-35-23-3-1-2-14-34-23/h4-9,15-16,20,23H,1-3,10-14H2,(H,28,29)(H,30,32). The number of hydrogen-bond donors (Lipinski definition) is 2. The maximum absolute atomic E-state index is 12.7. The molecule has 1 atom stereocenters. The third kappa shape index (κ3) is 7.41. The Hall–Kier alpha value is -2.65. The Balaban J connectivity index is 1.23. The molecule has 1 aromatic carbocycles. The largest absolute Gasteiger partial charge is 0.366 e. The van der Waals surface area contributed by atoms with Crippen LogP contribution >= 0.6 is 23.2 Å². The Labute approximate surface area is 214 Å². The highest BCUT2D eigenvalue weighted by Gasteiger charge is 2.24. The number of anilines is 1. The second-order valence-electron chi connectivity index (χ2n) is 8.53. The van der Waals surface area contributed by atoms with Crippen molar-refractivity contribution in [1.29, 1.82) is 0 Å². The molecule has 35 heavy (non-hydrogen) atoms. The Morgan fingerprint density at radius 2 is 1.89 bits per heavy atom. The molecule has 0 radical (unpaired) electrons. The summed E-state index contributed by atoms with van der Waals surface area (Å²) in [5.41, 5.74) is 3.70. The molecule has 2 saturated heterocycles. The minimum atomic E-state index is -0.398. The van der Waals surface area contributed by atoms with E-state index in [1.807, 2.05) is 4.90 Å². The van der Waals surface area contributed by atoms with Gasteiger partial charge in [-0.3, -0.25) is 9.59 Å². The van der Waals surface area contributed by atoms with Crippen molar-refractivity contribution < 1.29 is 19.2 Å². The Morgan fingerprint density at radius 1 is 1.11 bits per heavy atom. The van der Waals surface area contributed by atoms with E-state index in [1.165, 1.54) is 6.08 Å². The highest BCUT2D eigenvalue weighted by atomic mass is 35.5. The average molecular weight is 519 g/mol. The van der Waals surface area contributed by atoms with Crippen molar-refractivity contribution in [3.05, 3.63) is 63.8 Å². The molecule has 1 unspecified atom stereocenters. The number of nitrogens with one attached hydrogen (secondary N) is 2. The van der Waals surface area contributed by atoms with E-state index in [4.69, 9.17) is 32.8 Å². The van der Waals surface area contributed by atoms with Crippen LogP contribution in [0.15, 0.2) is 42.6 Å². The monoisotopic (exact) mass is 518 g/mol. The number of benzene rings is 1. The number of piperidine rings is 1. The van der Waals surface area contributed by atoms with Gasteiger partial charge in [0.2, 0.25) is 0 Å². The molecule has 2 aliphatic rings. The van der Waals surface area contributed by atoms with Crippen molar-refractivity contribution in [3.8, 4) is 0 Å². The maximum atomic E-state index is 12.7. The molecule has 2 fully saturated rings. The third-order valence-corrected chi connectivity index (χ3v) is 6.47. The van der Waals surface area contributed by atoms with E-state index in [9.17, 15) is 9.59 Å². The predicted octanol–water partition coefficient (Wildman–Crippen LogP) is 4.69. The summed E-state index contributed by atoms with van der Waals surface area (Å²) >= 11 is 12.3. The van der Waals surface area contributed by atoms with E-state index in [0.717, 1.165) is 32.1 Å². The van der Waals surface area contributed by atoms with Gasteiger partial charge in [0.1, 0.15) is 5.82 Å². The fourth-order valence-electron chi connectivity index (χ4n) is 3.98.